The van der Waals surface area contributed by atoms with Gasteiger partial charge in [-0.1, -0.05) is 0 Å². The summed E-state index contributed by atoms with van der Waals surface area (Å²) in [5.41, 5.74) is 0. The number of carbonyl (C=O) groups is 1. The maximum Gasteiger partial charge on any atom is 0.254 e. The van der Waals surface area contributed by atoms with Crippen LogP contribution >= 0.6 is 0 Å². The van der Waals surface area contributed by atoms with Gasteiger partial charge in [-0.15, -0.1) is 5.10 Å². The molecule has 1 amide bonds. The van der Waals surface area contributed by atoms with Crippen LogP contribution in [0.25, 0.3) is 0 Å². The van der Waals surface area contributed by atoms with Crippen LogP contribution in [0.1, 0.15) is 12.8 Å². The van der Waals surface area contributed by atoms with E-state index in [1.807, 2.05) is 0 Å². The first-order valence-corrected chi connectivity index (χ1v) is 4.14. The largest absolute Gasteiger partial charge is 0.368 e. The number of hydrogen-bond donors (Lipinski definition) is 2. The van der Waals surface area contributed by atoms with Crippen molar-refractivity contribution < 1.29 is 9.53 Å². The number of hydrogen-bond acceptors (Lipinski definition) is 4. The molecule has 1 fully saturated rings. The van der Waals surface area contributed by atoms with Crippen molar-refractivity contribution in [1.29, 1.82) is 0 Å². The highest BCUT2D eigenvalue weighted by molar-refractivity contribution is 5.93. The second-order valence-corrected chi connectivity index (χ2v) is 2.85. The predicted octanol–water partition coefficient (Wildman–Crippen LogP) is -0.0778. The fraction of sp³-hybridized carbons (Fsp3) is 0.571. The number of nitrogens with one attached hydrogen (secondary N) is 2. The maximum atomic E-state index is 11.4. The molecule has 0 bridgehead atoms. The molecule has 0 saturated carbocycles. The van der Waals surface area contributed by atoms with Crippen molar-refractivity contribution in [1.82, 2.24) is 15.4 Å². The topological polar surface area (TPSA) is 79.9 Å². The number of aromatic nitrogens is 3. The van der Waals surface area contributed by atoms with Crippen LogP contribution in [0.5, 0.6) is 0 Å². The van der Waals surface area contributed by atoms with Crippen molar-refractivity contribution >= 4 is 11.7 Å². The highest BCUT2D eigenvalue weighted by atomic mass is 16.5. The molecule has 13 heavy (non-hydrogen) atoms. The van der Waals surface area contributed by atoms with Gasteiger partial charge >= 0.3 is 0 Å². The van der Waals surface area contributed by atoms with Crippen molar-refractivity contribution in [2.45, 2.75) is 18.9 Å². The number of ether oxygens (including phenoxy) is 1. The lowest BCUT2D eigenvalue weighted by Crippen LogP contribution is -2.26. The Bertz CT molecular complexity index is 279. The third-order valence-electron chi connectivity index (χ3n) is 1.89. The quantitative estimate of drug-likeness (QED) is 0.670. The maximum absolute atomic E-state index is 11.4. The van der Waals surface area contributed by atoms with E-state index in [-0.39, 0.29) is 12.0 Å². The van der Waals surface area contributed by atoms with Gasteiger partial charge in [0.05, 0.1) is 6.20 Å². The predicted molar refractivity (Wildman–Crippen MR) is 44.0 cm³/mol. The zero-order valence-corrected chi connectivity index (χ0v) is 6.99. The Morgan fingerprint density at radius 1 is 1.77 bits per heavy atom. The van der Waals surface area contributed by atoms with Crippen LogP contribution in [0.15, 0.2) is 6.20 Å². The molecule has 0 spiro atoms. The van der Waals surface area contributed by atoms with Crippen LogP contribution in [0.3, 0.4) is 0 Å². The van der Waals surface area contributed by atoms with E-state index < -0.39 is 0 Å². The summed E-state index contributed by atoms with van der Waals surface area (Å²) >= 11 is 0. The van der Waals surface area contributed by atoms with Gasteiger partial charge in [0.25, 0.3) is 5.91 Å². The van der Waals surface area contributed by atoms with E-state index >= 15 is 0 Å². The SMILES string of the molecule is O=C(Nc1cn[nH]n1)[C@@H]1CCCO1. The highest BCUT2D eigenvalue weighted by Crippen LogP contribution is 2.13. The summed E-state index contributed by atoms with van der Waals surface area (Å²) in [4.78, 5) is 11.4. The summed E-state index contributed by atoms with van der Waals surface area (Å²) in [5, 5.41) is 12.3. The average molecular weight is 182 g/mol. The smallest absolute Gasteiger partial charge is 0.254 e. The Labute approximate surface area is 74.7 Å². The van der Waals surface area contributed by atoms with Crippen LogP contribution in [0.2, 0.25) is 0 Å². The van der Waals surface area contributed by atoms with Crippen molar-refractivity contribution in [3.63, 3.8) is 0 Å². The third-order valence-corrected chi connectivity index (χ3v) is 1.89. The Kier molecular flexibility index (Phi) is 2.22. The summed E-state index contributed by atoms with van der Waals surface area (Å²) < 4.78 is 5.19. The molecule has 1 aliphatic rings. The third kappa shape index (κ3) is 1.83. The van der Waals surface area contributed by atoms with Crippen LogP contribution < -0.4 is 5.32 Å². The number of amides is 1. The lowest BCUT2D eigenvalue weighted by molar-refractivity contribution is -0.124. The Hall–Kier alpha value is -1.43. The van der Waals surface area contributed by atoms with E-state index in [1.165, 1.54) is 6.20 Å². The van der Waals surface area contributed by atoms with Crippen LogP contribution in [-0.2, 0) is 9.53 Å². The van der Waals surface area contributed by atoms with Crippen LogP contribution in [0, 0.1) is 0 Å². The standard InChI is InChI=1S/C7H10N4O2/c12-7(5-2-1-3-13-5)9-6-4-8-11-10-6/h4-5H,1-3H2,(H2,8,9,10,11,12)/t5-/m0/s1. The van der Waals surface area contributed by atoms with Crippen LogP contribution in [0.4, 0.5) is 5.82 Å². The average Bonchev–Trinajstić information content (AvgIpc) is 2.74. The molecule has 6 heteroatoms. The van der Waals surface area contributed by atoms with Crippen molar-refractivity contribution in [2.75, 3.05) is 11.9 Å². The fourth-order valence-electron chi connectivity index (χ4n) is 1.25. The van der Waals surface area contributed by atoms with Gasteiger partial charge in [-0.2, -0.15) is 10.3 Å². The van der Waals surface area contributed by atoms with E-state index in [4.69, 9.17) is 4.74 Å². The molecule has 1 aliphatic heterocycles. The fourth-order valence-corrected chi connectivity index (χ4v) is 1.25. The molecule has 0 aliphatic carbocycles. The number of carbonyl (C=O) groups excluding carboxylic acids is 1. The highest BCUT2D eigenvalue weighted by Gasteiger charge is 2.23. The van der Waals surface area contributed by atoms with Crippen LogP contribution in [-0.4, -0.2) is 34.0 Å². The number of nitrogens with zero attached hydrogens (tertiary/aromatic N) is 2. The van der Waals surface area contributed by atoms with E-state index in [0.29, 0.717) is 12.4 Å². The molecule has 2 N–H and O–H groups in total. The molecule has 0 aromatic carbocycles. The minimum Gasteiger partial charge on any atom is -0.368 e. The van der Waals surface area contributed by atoms with Gasteiger partial charge in [-0.3, -0.25) is 4.79 Å². The van der Waals surface area contributed by atoms with Gasteiger partial charge in [0.15, 0.2) is 5.82 Å². The van der Waals surface area contributed by atoms with E-state index in [1.54, 1.807) is 0 Å². The number of aromatic amines is 1. The minimum absolute atomic E-state index is 0.147. The molecule has 2 rings (SSSR count). The Balaban J connectivity index is 1.91. The van der Waals surface area contributed by atoms with Crippen molar-refractivity contribution in [3.8, 4) is 0 Å². The molecule has 1 saturated heterocycles. The molecular weight excluding hydrogens is 172 g/mol. The summed E-state index contributed by atoms with van der Waals surface area (Å²) in [6, 6.07) is 0. The lowest BCUT2D eigenvalue weighted by atomic mass is 10.2. The monoisotopic (exact) mass is 182 g/mol. The molecule has 70 valence electrons. The zero-order valence-electron chi connectivity index (χ0n) is 6.99. The first kappa shape index (κ1) is 8.18. The van der Waals surface area contributed by atoms with Gasteiger partial charge in [0.2, 0.25) is 0 Å². The Morgan fingerprint density at radius 2 is 2.69 bits per heavy atom. The summed E-state index contributed by atoms with van der Waals surface area (Å²) in [6.07, 6.45) is 2.85. The van der Waals surface area contributed by atoms with E-state index in [2.05, 4.69) is 20.7 Å². The van der Waals surface area contributed by atoms with Gasteiger partial charge in [-0.05, 0) is 12.8 Å². The molecule has 1 aromatic rings. The number of anilines is 1. The van der Waals surface area contributed by atoms with Gasteiger partial charge in [0.1, 0.15) is 6.10 Å². The minimum atomic E-state index is -0.323. The molecule has 2 heterocycles. The molecule has 1 atom stereocenters. The molecule has 0 unspecified atom stereocenters. The second-order valence-electron chi connectivity index (χ2n) is 2.85. The number of H-pyrrole nitrogens is 1. The summed E-state index contributed by atoms with van der Waals surface area (Å²) in [6.45, 7) is 0.664. The second kappa shape index (κ2) is 3.53. The van der Waals surface area contributed by atoms with Gasteiger partial charge in [-0.25, -0.2) is 0 Å². The van der Waals surface area contributed by atoms with Gasteiger partial charge < -0.3 is 10.1 Å². The van der Waals surface area contributed by atoms with E-state index in [0.717, 1.165) is 12.8 Å². The molecule has 0 radical (unpaired) electrons. The Morgan fingerprint density at radius 3 is 3.31 bits per heavy atom. The number of rotatable bonds is 2. The first-order chi connectivity index (χ1) is 6.36. The summed E-state index contributed by atoms with van der Waals surface area (Å²) in [7, 11) is 0. The normalized spacial score (nSPS) is 21.7. The molecule has 6 nitrogen and oxygen atoms in total. The first-order valence-electron chi connectivity index (χ1n) is 4.14. The zero-order chi connectivity index (χ0) is 9.10. The summed E-state index contributed by atoms with van der Waals surface area (Å²) in [5.74, 6) is 0.284. The van der Waals surface area contributed by atoms with Crippen molar-refractivity contribution in [3.05, 3.63) is 6.20 Å². The van der Waals surface area contributed by atoms with Gasteiger partial charge in [0, 0.05) is 6.61 Å². The molecule has 1 aromatic heterocycles. The lowest BCUT2D eigenvalue weighted by Gasteiger charge is -2.07. The molecular formula is C7H10N4O2. The van der Waals surface area contributed by atoms with Crippen molar-refractivity contribution in [2.24, 2.45) is 0 Å². The van der Waals surface area contributed by atoms with E-state index in [9.17, 15) is 4.79 Å².